The van der Waals surface area contributed by atoms with Gasteiger partial charge in [0, 0.05) is 6.61 Å². The van der Waals surface area contributed by atoms with Gasteiger partial charge < -0.3 is 85.2 Å². The van der Waals surface area contributed by atoms with E-state index < -0.39 is 112 Å². The van der Waals surface area contributed by atoms with Crippen molar-refractivity contribution in [3.8, 4) is 0 Å². The van der Waals surface area contributed by atoms with Gasteiger partial charge in [-0.2, -0.15) is 0 Å². The van der Waals surface area contributed by atoms with E-state index >= 15 is 0 Å². The molecule has 0 radical (unpaired) electrons. The molecule has 0 aromatic heterocycles. The van der Waals surface area contributed by atoms with Crippen LogP contribution in [0.1, 0.15) is 19.3 Å². The lowest BCUT2D eigenvalue weighted by atomic mass is 9.96. The van der Waals surface area contributed by atoms with Crippen LogP contribution in [-0.4, -0.2) is 176 Å². The van der Waals surface area contributed by atoms with Crippen molar-refractivity contribution in [1.29, 1.82) is 0 Å². The smallest absolute Gasteiger partial charge is 0.187 e. The highest BCUT2D eigenvalue weighted by Gasteiger charge is 2.53. The standard InChI is InChI=1S/C23H43NO16/c24-4-2-1-3-5-35-21-17(33)19(13(29)10(7-26)36-21)40-23-18(34)20(14(30)11(8-27)38-23)39-22-16(32)15(31)12(28)9(6-25)37-22/h9-23,25-34H,1-8,24H2/t9?,10?,11?,12-,13-,14-,15?,16?,17?,18?,19?,20?,21+,22-,23-/m1/s1. The second-order valence-electron chi connectivity index (χ2n) is 10.0. The fourth-order valence-electron chi connectivity index (χ4n) is 4.79. The third-order valence-electron chi connectivity index (χ3n) is 7.21. The van der Waals surface area contributed by atoms with Crippen LogP contribution in [0.4, 0.5) is 0 Å². The Kier molecular flexibility index (Phi) is 13.3. The highest BCUT2D eigenvalue weighted by molar-refractivity contribution is 4.96. The second kappa shape index (κ2) is 15.7. The van der Waals surface area contributed by atoms with Crippen molar-refractivity contribution in [2.75, 3.05) is 33.0 Å². The monoisotopic (exact) mass is 589 g/mol. The van der Waals surface area contributed by atoms with Gasteiger partial charge in [-0.1, -0.05) is 0 Å². The van der Waals surface area contributed by atoms with Crippen molar-refractivity contribution < 1.29 is 79.5 Å². The summed E-state index contributed by atoms with van der Waals surface area (Å²) < 4.78 is 33.0. The van der Waals surface area contributed by atoms with Gasteiger partial charge in [-0.15, -0.1) is 0 Å². The molecule has 0 spiro atoms. The molecule has 3 heterocycles. The summed E-state index contributed by atoms with van der Waals surface area (Å²) in [5, 5.41) is 102. The normalized spacial score (nSPS) is 46.4. The van der Waals surface area contributed by atoms with E-state index in [0.717, 1.165) is 12.8 Å². The Morgan fingerprint density at radius 1 is 0.500 bits per heavy atom. The minimum Gasteiger partial charge on any atom is -0.394 e. The minimum atomic E-state index is -1.89. The summed E-state index contributed by atoms with van der Waals surface area (Å²) in [7, 11) is 0. The van der Waals surface area contributed by atoms with Gasteiger partial charge in [-0.3, -0.25) is 0 Å². The largest absolute Gasteiger partial charge is 0.394 e. The molecule has 0 amide bonds. The number of ether oxygens (including phenoxy) is 6. The highest BCUT2D eigenvalue weighted by Crippen LogP contribution is 2.32. The maximum Gasteiger partial charge on any atom is 0.187 e. The average Bonchev–Trinajstić information content (AvgIpc) is 2.95. The van der Waals surface area contributed by atoms with Crippen molar-refractivity contribution in [1.82, 2.24) is 0 Å². The zero-order valence-corrected chi connectivity index (χ0v) is 21.8. The van der Waals surface area contributed by atoms with Crippen molar-refractivity contribution in [3.63, 3.8) is 0 Å². The van der Waals surface area contributed by atoms with Crippen molar-refractivity contribution in [2.24, 2.45) is 5.73 Å². The number of rotatable bonds is 13. The second-order valence-corrected chi connectivity index (χ2v) is 10.0. The first-order valence-corrected chi connectivity index (χ1v) is 13.3. The molecule has 0 aromatic rings. The lowest BCUT2D eigenvalue weighted by Gasteiger charge is -2.48. The van der Waals surface area contributed by atoms with Gasteiger partial charge in [0.2, 0.25) is 0 Å². The Labute approximate surface area is 230 Å². The zero-order chi connectivity index (χ0) is 29.6. The molecule has 17 heteroatoms. The SMILES string of the molecule is NCCCCCO[C@H]1OC(CO)[C@@H](O)C(O[C@H]2OC(CO)[C@@H](O)C(O[C@H]3OC(CO)[C@@H](O)C(O)C3O)C2O)C1O. The van der Waals surface area contributed by atoms with E-state index in [1.807, 2.05) is 0 Å². The van der Waals surface area contributed by atoms with E-state index in [0.29, 0.717) is 13.0 Å². The third-order valence-corrected chi connectivity index (χ3v) is 7.21. The molecule has 12 N–H and O–H groups in total. The summed E-state index contributed by atoms with van der Waals surface area (Å²) in [6, 6.07) is 0. The van der Waals surface area contributed by atoms with Crippen LogP contribution in [0.15, 0.2) is 0 Å². The molecule has 0 saturated carbocycles. The Hall–Kier alpha value is -0.680. The summed E-state index contributed by atoms with van der Waals surface area (Å²) in [5.74, 6) is 0. The van der Waals surface area contributed by atoms with Crippen LogP contribution in [0.5, 0.6) is 0 Å². The van der Waals surface area contributed by atoms with Crippen molar-refractivity contribution in [3.05, 3.63) is 0 Å². The predicted octanol–water partition coefficient (Wildman–Crippen LogP) is -6.42. The van der Waals surface area contributed by atoms with Crippen LogP contribution in [0.2, 0.25) is 0 Å². The van der Waals surface area contributed by atoms with E-state index in [-0.39, 0.29) is 6.61 Å². The van der Waals surface area contributed by atoms with Gasteiger partial charge >= 0.3 is 0 Å². The fourth-order valence-corrected chi connectivity index (χ4v) is 4.79. The summed E-state index contributed by atoms with van der Waals surface area (Å²) >= 11 is 0. The molecule has 0 aliphatic carbocycles. The molecule has 3 rings (SSSR count). The minimum absolute atomic E-state index is 0.166. The average molecular weight is 590 g/mol. The first kappa shape index (κ1) is 33.8. The first-order chi connectivity index (χ1) is 19.1. The van der Waals surface area contributed by atoms with Gasteiger partial charge in [0.15, 0.2) is 18.9 Å². The lowest BCUT2D eigenvalue weighted by Crippen LogP contribution is -2.67. The Balaban J connectivity index is 1.74. The van der Waals surface area contributed by atoms with Gasteiger partial charge in [0.25, 0.3) is 0 Å². The van der Waals surface area contributed by atoms with Crippen LogP contribution in [0.25, 0.3) is 0 Å². The van der Waals surface area contributed by atoms with Crippen LogP contribution in [0.3, 0.4) is 0 Å². The molecule has 15 atom stereocenters. The van der Waals surface area contributed by atoms with Gasteiger partial charge in [-0.25, -0.2) is 0 Å². The van der Waals surface area contributed by atoms with Crippen LogP contribution in [0, 0.1) is 0 Å². The molecule has 3 aliphatic heterocycles. The van der Waals surface area contributed by atoms with E-state index in [4.69, 9.17) is 34.2 Å². The Bertz CT molecular complexity index is 737. The van der Waals surface area contributed by atoms with E-state index in [1.54, 1.807) is 0 Å². The molecular weight excluding hydrogens is 546 g/mol. The topological polar surface area (TPSA) is 284 Å². The number of aliphatic hydroxyl groups excluding tert-OH is 10. The highest BCUT2D eigenvalue weighted by atomic mass is 16.8. The van der Waals surface area contributed by atoms with Crippen LogP contribution < -0.4 is 5.73 Å². The lowest BCUT2D eigenvalue weighted by molar-refractivity contribution is -0.381. The quantitative estimate of drug-likeness (QED) is 0.0890. The number of hydrogen-bond acceptors (Lipinski definition) is 17. The zero-order valence-electron chi connectivity index (χ0n) is 21.8. The maximum atomic E-state index is 11.0. The van der Waals surface area contributed by atoms with Crippen LogP contribution in [-0.2, 0) is 28.4 Å². The molecule has 3 aliphatic rings. The van der Waals surface area contributed by atoms with Gasteiger partial charge in [-0.05, 0) is 25.8 Å². The summed E-state index contributed by atoms with van der Waals surface area (Å²) in [4.78, 5) is 0. The maximum absolute atomic E-state index is 11.0. The van der Waals surface area contributed by atoms with E-state index in [2.05, 4.69) is 0 Å². The molecule has 3 saturated heterocycles. The predicted molar refractivity (Wildman–Crippen MR) is 128 cm³/mol. The van der Waals surface area contributed by atoms with E-state index in [9.17, 15) is 51.1 Å². The third kappa shape index (κ3) is 7.63. The number of nitrogens with two attached hydrogens (primary N) is 1. The van der Waals surface area contributed by atoms with Crippen molar-refractivity contribution in [2.45, 2.75) is 111 Å². The van der Waals surface area contributed by atoms with E-state index in [1.165, 1.54) is 0 Å². The molecule has 0 bridgehead atoms. The van der Waals surface area contributed by atoms with Crippen LogP contribution >= 0.6 is 0 Å². The van der Waals surface area contributed by atoms with Crippen molar-refractivity contribution >= 4 is 0 Å². The molecule has 17 nitrogen and oxygen atoms in total. The molecular formula is C23H43NO16. The summed E-state index contributed by atoms with van der Waals surface area (Å²) in [6.07, 6.45) is -22.2. The molecule has 0 aromatic carbocycles. The van der Waals surface area contributed by atoms with Gasteiger partial charge in [0.05, 0.1) is 19.8 Å². The number of hydrogen-bond donors (Lipinski definition) is 11. The Morgan fingerprint density at radius 2 is 0.950 bits per heavy atom. The first-order valence-electron chi connectivity index (χ1n) is 13.3. The molecule has 236 valence electrons. The number of unbranched alkanes of at least 4 members (excludes halogenated alkanes) is 2. The summed E-state index contributed by atoms with van der Waals surface area (Å²) in [5.41, 5.74) is 5.47. The molecule has 9 unspecified atom stereocenters. The van der Waals surface area contributed by atoms with Gasteiger partial charge in [0.1, 0.15) is 73.2 Å². The fraction of sp³-hybridized carbons (Fsp3) is 1.00. The number of aliphatic hydroxyl groups is 10. The molecule has 40 heavy (non-hydrogen) atoms. The Morgan fingerprint density at radius 3 is 1.45 bits per heavy atom. The summed E-state index contributed by atoms with van der Waals surface area (Å²) in [6.45, 7) is -1.55. The molecule has 3 fully saturated rings.